The molecule has 0 N–H and O–H groups in total. The molecule has 5 aliphatic rings. The van der Waals surface area contributed by atoms with Gasteiger partial charge in [-0.3, -0.25) is 24.2 Å². The van der Waals surface area contributed by atoms with Crippen molar-refractivity contribution in [2.24, 2.45) is 11.8 Å². The molecule has 38 heavy (non-hydrogen) atoms. The van der Waals surface area contributed by atoms with Crippen LogP contribution in [0.4, 0.5) is 0 Å². The zero-order valence-corrected chi connectivity index (χ0v) is 22.5. The minimum absolute atomic E-state index is 0.157. The monoisotopic (exact) mass is 569 g/mol. The van der Waals surface area contributed by atoms with Gasteiger partial charge in [-0.05, 0) is 27.8 Å². The molecule has 0 radical (unpaired) electrons. The van der Waals surface area contributed by atoms with Crippen LogP contribution in [0.3, 0.4) is 0 Å². The van der Waals surface area contributed by atoms with Gasteiger partial charge in [-0.2, -0.15) is 0 Å². The Morgan fingerprint density at radius 1 is 0.789 bits per heavy atom. The molecule has 2 aliphatic heterocycles. The van der Waals surface area contributed by atoms with Crippen molar-refractivity contribution in [3.05, 3.63) is 107 Å². The van der Waals surface area contributed by atoms with Crippen LogP contribution in [0.15, 0.2) is 78.9 Å². The molecule has 8 rings (SSSR count). The molecule has 3 aromatic carbocycles. The van der Waals surface area contributed by atoms with Crippen LogP contribution in [0.25, 0.3) is 0 Å². The highest BCUT2D eigenvalue weighted by Gasteiger charge is 2.67. The second-order valence-corrected chi connectivity index (χ2v) is 12.0. The average Bonchev–Trinajstić information content (AvgIpc) is 3.20. The first kappa shape index (κ1) is 23.8. The van der Waals surface area contributed by atoms with E-state index < -0.39 is 16.2 Å². The topological polar surface area (TPSA) is 60.9 Å². The predicted molar refractivity (Wildman–Crippen MR) is 146 cm³/mol. The second kappa shape index (κ2) is 8.89. The number of imide groups is 1. The molecule has 7 heteroatoms. The number of carbonyl (C=O) groups is 3. The van der Waals surface area contributed by atoms with E-state index >= 15 is 0 Å². The van der Waals surface area contributed by atoms with Gasteiger partial charge in [0.25, 0.3) is 0 Å². The van der Waals surface area contributed by atoms with Gasteiger partial charge < -0.3 is 4.90 Å². The molecule has 0 unspecified atom stereocenters. The third-order valence-corrected chi connectivity index (χ3v) is 10.2. The fraction of sp³-hybridized carbons (Fsp3) is 0.323. The van der Waals surface area contributed by atoms with Crippen molar-refractivity contribution in [3.8, 4) is 0 Å². The Labute approximate surface area is 230 Å². The van der Waals surface area contributed by atoms with Crippen molar-refractivity contribution in [3.63, 3.8) is 0 Å². The number of hydrogen-bond acceptors (Lipinski definition) is 4. The Balaban J connectivity index is 1.11. The highest BCUT2D eigenvalue weighted by atomic mass is 79.9. The Morgan fingerprint density at radius 2 is 1.37 bits per heavy atom. The summed E-state index contributed by atoms with van der Waals surface area (Å²) in [4.78, 5) is 46.6. The minimum atomic E-state index is -0.785. The average molecular weight is 570 g/mol. The fourth-order valence-corrected chi connectivity index (χ4v) is 8.33. The van der Waals surface area contributed by atoms with E-state index in [0.717, 1.165) is 41.9 Å². The van der Waals surface area contributed by atoms with Gasteiger partial charge in [0.05, 0.1) is 16.2 Å². The summed E-state index contributed by atoms with van der Waals surface area (Å²) in [5.41, 5.74) is 5.53. The van der Waals surface area contributed by atoms with E-state index in [2.05, 4.69) is 57.2 Å². The lowest BCUT2D eigenvalue weighted by molar-refractivity contribution is -0.147. The molecule has 192 valence electrons. The molecule has 2 atom stereocenters. The number of likely N-dealkylation sites (tertiary alicyclic amines) is 1. The molecular formula is C31H28BrN3O3. The van der Waals surface area contributed by atoms with E-state index in [9.17, 15) is 14.4 Å². The van der Waals surface area contributed by atoms with Crippen LogP contribution < -0.4 is 0 Å². The molecule has 6 nitrogen and oxygen atoms in total. The van der Waals surface area contributed by atoms with Crippen molar-refractivity contribution in [2.45, 2.75) is 16.8 Å². The summed E-state index contributed by atoms with van der Waals surface area (Å²) < 4.78 is -0.785. The van der Waals surface area contributed by atoms with Crippen molar-refractivity contribution in [1.29, 1.82) is 0 Å². The van der Waals surface area contributed by atoms with E-state index in [0.29, 0.717) is 13.1 Å². The molecular weight excluding hydrogens is 542 g/mol. The van der Waals surface area contributed by atoms with Crippen molar-refractivity contribution >= 4 is 33.7 Å². The Kier molecular flexibility index (Phi) is 5.57. The van der Waals surface area contributed by atoms with E-state index in [1.807, 2.05) is 42.5 Å². The maximum Gasteiger partial charge on any atom is 0.242 e. The predicted octanol–water partition coefficient (Wildman–Crippen LogP) is 3.73. The van der Waals surface area contributed by atoms with Crippen LogP contribution in [-0.2, 0) is 25.3 Å². The summed E-state index contributed by atoms with van der Waals surface area (Å²) >= 11 is 4.01. The van der Waals surface area contributed by atoms with Crippen LogP contribution in [0.1, 0.15) is 33.7 Å². The normalized spacial score (nSPS) is 27.8. The fourth-order valence-electron chi connectivity index (χ4n) is 7.13. The molecule has 0 aromatic heterocycles. The first-order valence-electron chi connectivity index (χ1n) is 13.3. The largest absolute Gasteiger partial charge is 0.339 e. The maximum atomic E-state index is 13.9. The standard InChI is InChI=1S/C31H28BrN3O3/c32-31-23-12-6-4-10-21(23)26(22-11-5-7-13-24(22)31)27-28(31)30(38)35(29(27)37)19-25(36)34-16-14-33(15-17-34)18-20-8-2-1-3-9-20/h1-13,26-28H,14-19H2/t26?,27-,28-,31?/m1/s1. The first-order chi connectivity index (χ1) is 18.5. The summed E-state index contributed by atoms with van der Waals surface area (Å²) in [6.07, 6.45) is 0. The number of benzene rings is 3. The van der Waals surface area contributed by atoms with Crippen LogP contribution in [0.5, 0.6) is 0 Å². The second-order valence-electron chi connectivity index (χ2n) is 10.8. The van der Waals surface area contributed by atoms with Crippen molar-refractivity contribution < 1.29 is 14.4 Å². The summed E-state index contributed by atoms with van der Waals surface area (Å²) in [6, 6.07) is 26.5. The van der Waals surface area contributed by atoms with E-state index in [1.54, 1.807) is 4.90 Å². The van der Waals surface area contributed by atoms with Gasteiger partial charge in [-0.1, -0.05) is 94.8 Å². The highest BCUT2D eigenvalue weighted by Crippen LogP contribution is 2.66. The SMILES string of the molecule is O=C(CN1C(=O)[C@@H]2C3c4ccccc4C(Br)(c4ccccc43)[C@H]2C1=O)N1CCN(Cc2ccccc2)CC1. The number of alkyl halides is 1. The lowest BCUT2D eigenvalue weighted by Crippen LogP contribution is -2.51. The van der Waals surface area contributed by atoms with Crippen LogP contribution in [0, 0.1) is 11.8 Å². The summed E-state index contributed by atoms with van der Waals surface area (Å²) in [5.74, 6) is -1.90. The van der Waals surface area contributed by atoms with E-state index in [-0.39, 0.29) is 30.2 Å². The van der Waals surface area contributed by atoms with E-state index in [1.165, 1.54) is 10.5 Å². The third-order valence-electron chi connectivity index (χ3n) is 8.87. The molecule has 3 amide bonds. The lowest BCUT2D eigenvalue weighted by Gasteiger charge is -2.51. The molecule has 0 saturated carbocycles. The van der Waals surface area contributed by atoms with E-state index in [4.69, 9.17) is 0 Å². The molecule has 3 aliphatic carbocycles. The van der Waals surface area contributed by atoms with Gasteiger partial charge in [0.2, 0.25) is 17.7 Å². The number of carbonyl (C=O) groups excluding carboxylic acids is 3. The van der Waals surface area contributed by atoms with Gasteiger partial charge in [0.15, 0.2) is 0 Å². The Bertz CT molecular complexity index is 1400. The maximum absolute atomic E-state index is 13.9. The molecule has 2 heterocycles. The van der Waals surface area contributed by atoms with Gasteiger partial charge in [0, 0.05) is 38.6 Å². The Morgan fingerprint density at radius 3 is 2.00 bits per heavy atom. The van der Waals surface area contributed by atoms with Gasteiger partial charge in [0.1, 0.15) is 6.54 Å². The molecule has 2 saturated heterocycles. The summed E-state index contributed by atoms with van der Waals surface area (Å²) in [6.45, 7) is 3.39. The van der Waals surface area contributed by atoms with Gasteiger partial charge in [-0.25, -0.2) is 0 Å². The van der Waals surface area contributed by atoms with Gasteiger partial charge >= 0.3 is 0 Å². The smallest absolute Gasteiger partial charge is 0.242 e. The van der Waals surface area contributed by atoms with Crippen LogP contribution in [0.2, 0.25) is 0 Å². The molecule has 0 spiro atoms. The van der Waals surface area contributed by atoms with Crippen LogP contribution in [-0.4, -0.2) is 65.1 Å². The lowest BCUT2D eigenvalue weighted by atomic mass is 9.55. The third kappa shape index (κ3) is 3.38. The zero-order valence-electron chi connectivity index (χ0n) is 20.9. The van der Waals surface area contributed by atoms with Crippen LogP contribution >= 0.6 is 15.9 Å². The number of nitrogens with zero attached hydrogens (tertiary/aromatic N) is 3. The summed E-state index contributed by atoms with van der Waals surface area (Å²) in [7, 11) is 0. The van der Waals surface area contributed by atoms with Crippen molar-refractivity contribution in [1.82, 2.24) is 14.7 Å². The summed E-state index contributed by atoms with van der Waals surface area (Å²) in [5, 5.41) is 0. The Hall–Kier alpha value is -3.29. The molecule has 2 bridgehead atoms. The number of halogens is 1. The first-order valence-corrected chi connectivity index (χ1v) is 14.0. The molecule has 3 aromatic rings. The zero-order chi connectivity index (χ0) is 26.0. The number of amides is 3. The number of hydrogen-bond donors (Lipinski definition) is 0. The molecule has 2 fully saturated rings. The van der Waals surface area contributed by atoms with Crippen molar-refractivity contribution in [2.75, 3.05) is 32.7 Å². The van der Waals surface area contributed by atoms with Gasteiger partial charge in [-0.15, -0.1) is 0 Å². The minimum Gasteiger partial charge on any atom is -0.339 e. The number of rotatable bonds is 4. The highest BCUT2D eigenvalue weighted by molar-refractivity contribution is 9.09. The quantitative estimate of drug-likeness (QED) is 0.355. The number of piperazine rings is 1.